The van der Waals surface area contributed by atoms with Crippen LogP contribution in [0.5, 0.6) is 0 Å². The lowest BCUT2D eigenvalue weighted by molar-refractivity contribution is 0.600. The van der Waals surface area contributed by atoms with Crippen molar-refractivity contribution in [2.75, 3.05) is 49.7 Å². The van der Waals surface area contributed by atoms with Gasteiger partial charge in [0.1, 0.15) is 16.9 Å². The molecule has 0 aliphatic rings. The molecule has 0 saturated heterocycles. The zero-order valence-electron chi connectivity index (χ0n) is 19.0. The lowest BCUT2D eigenvalue weighted by atomic mass is 10.1. The average molecular weight is 473 g/mol. The number of thioether (sulfide) groups is 1. The number of nitrogens with zero attached hydrogens (tertiary/aromatic N) is 5. The molecule has 0 aliphatic heterocycles. The summed E-state index contributed by atoms with van der Waals surface area (Å²) in [5.74, 6) is 1.14. The van der Waals surface area contributed by atoms with Crippen molar-refractivity contribution in [3.63, 3.8) is 0 Å². The van der Waals surface area contributed by atoms with Gasteiger partial charge in [0.25, 0.3) is 0 Å². The quantitative estimate of drug-likeness (QED) is 0.418. The third-order valence-corrected chi connectivity index (χ3v) is 7.28. The molecular formula is C22H28N6O2S2. The van der Waals surface area contributed by atoms with E-state index in [1.54, 1.807) is 12.1 Å². The van der Waals surface area contributed by atoms with E-state index in [-0.39, 0.29) is 0 Å². The second kappa shape index (κ2) is 11.2. The number of hydrogen-bond acceptors (Lipinski definition) is 7. The van der Waals surface area contributed by atoms with Gasteiger partial charge < -0.3 is 10.2 Å². The molecule has 8 nitrogen and oxygen atoms in total. The van der Waals surface area contributed by atoms with Crippen LogP contribution < -0.4 is 14.5 Å². The predicted octanol–water partition coefficient (Wildman–Crippen LogP) is 3.41. The fraction of sp³-hybridized carbons (Fsp3) is 0.409. The van der Waals surface area contributed by atoms with E-state index in [4.69, 9.17) is 11.6 Å². The highest BCUT2D eigenvalue weighted by Gasteiger charge is 2.21. The number of hydrogen-bond donors (Lipinski definition) is 1. The van der Waals surface area contributed by atoms with Crippen molar-refractivity contribution in [3.8, 4) is 6.07 Å². The Bertz CT molecular complexity index is 1130. The van der Waals surface area contributed by atoms with E-state index in [9.17, 15) is 13.7 Å². The Labute approximate surface area is 195 Å². The third kappa shape index (κ3) is 5.92. The number of nitriles is 1. The predicted molar refractivity (Wildman–Crippen MR) is 131 cm³/mol. The molecule has 32 heavy (non-hydrogen) atoms. The molecule has 2 aromatic rings. The minimum Gasteiger partial charge on any atom is -0.367 e. The molecule has 10 heteroatoms. The lowest BCUT2D eigenvalue weighted by Crippen LogP contribution is -2.28. The minimum absolute atomic E-state index is 0.431. The number of aromatic nitrogens is 1. The summed E-state index contributed by atoms with van der Waals surface area (Å²) in [5, 5.41) is 13.5. The van der Waals surface area contributed by atoms with Crippen molar-refractivity contribution < 1.29 is 8.42 Å². The average Bonchev–Trinajstić information content (AvgIpc) is 2.79. The Morgan fingerprint density at radius 1 is 1.28 bits per heavy atom. The number of rotatable bonds is 10. The van der Waals surface area contributed by atoms with Crippen molar-refractivity contribution in [1.82, 2.24) is 10.3 Å². The fourth-order valence-corrected chi connectivity index (χ4v) is 4.53. The Balaban J connectivity index is 2.36. The van der Waals surface area contributed by atoms with Gasteiger partial charge in [0.05, 0.1) is 24.1 Å². The zero-order chi connectivity index (χ0) is 23.9. The van der Waals surface area contributed by atoms with Gasteiger partial charge in [0.15, 0.2) is 0 Å². The van der Waals surface area contributed by atoms with E-state index in [2.05, 4.69) is 16.2 Å². The maximum Gasteiger partial charge on any atom is 0.232 e. The number of benzene rings is 1. The number of likely N-dealkylation sites (N-methyl/N-ethyl adjacent to an activating group) is 2. The Morgan fingerprint density at radius 3 is 2.44 bits per heavy atom. The first kappa shape index (κ1) is 25.5. The highest BCUT2D eigenvalue weighted by molar-refractivity contribution is 7.98. The van der Waals surface area contributed by atoms with E-state index < -0.39 is 10.0 Å². The smallest absolute Gasteiger partial charge is 0.232 e. The molecule has 0 bridgehead atoms. The molecular weight excluding hydrogens is 444 g/mol. The third-order valence-electron chi connectivity index (χ3n) is 5.03. The van der Waals surface area contributed by atoms with Crippen LogP contribution in [0.1, 0.15) is 23.6 Å². The van der Waals surface area contributed by atoms with Crippen LogP contribution in [0.15, 0.2) is 29.3 Å². The molecule has 1 aromatic heterocycles. The van der Waals surface area contributed by atoms with Crippen LogP contribution in [0.3, 0.4) is 0 Å². The topological polar surface area (TPSA) is 93.7 Å². The fourth-order valence-electron chi connectivity index (χ4n) is 3.07. The number of nitrogens with one attached hydrogen (secondary N) is 1. The summed E-state index contributed by atoms with van der Waals surface area (Å²) in [6.07, 6.45) is 1.73. The Hall–Kier alpha value is -2.79. The second-order valence-corrected chi connectivity index (χ2v) is 10.2. The summed E-state index contributed by atoms with van der Waals surface area (Å²) in [5.41, 5.74) is 3.16. The van der Waals surface area contributed by atoms with Crippen molar-refractivity contribution in [2.45, 2.75) is 24.1 Å². The first-order valence-corrected chi connectivity index (χ1v) is 12.9. The van der Waals surface area contributed by atoms with E-state index in [0.29, 0.717) is 46.5 Å². The van der Waals surface area contributed by atoms with Gasteiger partial charge in [-0.05, 0) is 36.7 Å². The molecule has 0 amide bonds. The summed E-state index contributed by atoms with van der Waals surface area (Å²) in [4.78, 5) is 10.3. The number of pyridine rings is 1. The molecule has 1 N–H and O–H groups in total. The van der Waals surface area contributed by atoms with E-state index in [1.165, 1.54) is 23.1 Å². The van der Waals surface area contributed by atoms with Crippen molar-refractivity contribution >= 4 is 39.0 Å². The monoisotopic (exact) mass is 472 g/mol. The molecule has 0 aliphatic carbocycles. The molecule has 0 radical (unpaired) electrons. The zero-order valence-corrected chi connectivity index (χ0v) is 20.6. The maximum absolute atomic E-state index is 11.7. The first-order valence-electron chi connectivity index (χ1n) is 10.0. The van der Waals surface area contributed by atoms with Crippen molar-refractivity contribution in [1.29, 1.82) is 5.26 Å². The molecule has 2 rings (SSSR count). The summed E-state index contributed by atoms with van der Waals surface area (Å²) >= 11 is 1.44. The minimum atomic E-state index is -3.32. The Kier molecular flexibility index (Phi) is 8.90. The van der Waals surface area contributed by atoms with Gasteiger partial charge in [-0.1, -0.05) is 19.1 Å². The van der Waals surface area contributed by atoms with Gasteiger partial charge in [-0.25, -0.2) is 18.2 Å². The molecule has 0 unspecified atom stereocenters. The van der Waals surface area contributed by atoms with E-state index >= 15 is 0 Å². The van der Waals surface area contributed by atoms with Gasteiger partial charge >= 0.3 is 0 Å². The van der Waals surface area contributed by atoms with E-state index in [0.717, 1.165) is 23.9 Å². The highest BCUT2D eigenvalue weighted by atomic mass is 32.2. The van der Waals surface area contributed by atoms with Gasteiger partial charge in [0, 0.05) is 32.9 Å². The van der Waals surface area contributed by atoms with Crippen LogP contribution in [0.25, 0.3) is 4.85 Å². The van der Waals surface area contributed by atoms with Gasteiger partial charge in [-0.2, -0.15) is 5.26 Å². The summed E-state index contributed by atoms with van der Waals surface area (Å²) < 4.78 is 24.7. The standard InChI is InChI=1S/C22H28N6O2S2/c1-7-18-19(14-23)22(26-21(20(18)25-3)27(4)13-12-24-2)31-15-16-8-10-17(11-9-16)28(5)32(6,29)30/h8-11,24H,7,12-13,15H2,1-2,4-6H3. The molecule has 170 valence electrons. The molecule has 0 atom stereocenters. The number of sulfonamides is 1. The molecule has 0 spiro atoms. The molecule has 0 saturated carbocycles. The largest absolute Gasteiger partial charge is 0.367 e. The van der Waals surface area contributed by atoms with Crippen LogP contribution in [-0.4, -0.2) is 53.9 Å². The highest BCUT2D eigenvalue weighted by Crippen LogP contribution is 2.38. The molecule has 0 fully saturated rings. The molecule has 1 aromatic carbocycles. The molecule has 1 heterocycles. The normalized spacial score (nSPS) is 11.0. The van der Waals surface area contributed by atoms with Gasteiger partial charge in [-0.15, -0.1) is 11.8 Å². The van der Waals surface area contributed by atoms with Crippen LogP contribution in [0.2, 0.25) is 0 Å². The van der Waals surface area contributed by atoms with E-state index in [1.807, 2.05) is 38.1 Å². The second-order valence-electron chi connectivity index (χ2n) is 7.23. The van der Waals surface area contributed by atoms with Crippen LogP contribution >= 0.6 is 11.8 Å². The SMILES string of the molecule is [C-]#[N+]c1c(N(C)CCNC)nc(SCc2ccc(N(C)S(C)(=O)=O)cc2)c(C#N)c1CC. The van der Waals surface area contributed by atoms with Gasteiger partial charge in [0.2, 0.25) is 15.7 Å². The summed E-state index contributed by atoms with van der Waals surface area (Å²) in [6.45, 7) is 11.0. The first-order chi connectivity index (χ1) is 15.2. The van der Waals surface area contributed by atoms with Crippen LogP contribution in [0.4, 0.5) is 17.2 Å². The van der Waals surface area contributed by atoms with Crippen LogP contribution in [0, 0.1) is 17.9 Å². The summed E-state index contributed by atoms with van der Waals surface area (Å²) in [7, 11) is 1.96. The van der Waals surface area contributed by atoms with Crippen LogP contribution in [-0.2, 0) is 22.2 Å². The Morgan fingerprint density at radius 2 is 1.94 bits per heavy atom. The lowest BCUT2D eigenvalue weighted by Gasteiger charge is -2.22. The van der Waals surface area contributed by atoms with Crippen molar-refractivity contribution in [3.05, 3.63) is 52.4 Å². The maximum atomic E-state index is 11.7. The van der Waals surface area contributed by atoms with Crippen molar-refractivity contribution in [2.24, 2.45) is 0 Å². The summed E-state index contributed by atoms with van der Waals surface area (Å²) in [6, 6.07) is 9.49. The number of anilines is 2. The van der Waals surface area contributed by atoms with Gasteiger partial charge in [-0.3, -0.25) is 4.31 Å².